The molecule has 0 bridgehead atoms. The maximum absolute atomic E-state index is 13.6. The van der Waals surface area contributed by atoms with Crippen LogP contribution in [-0.4, -0.2) is 73.9 Å². The van der Waals surface area contributed by atoms with Crippen LogP contribution in [0.25, 0.3) is 0 Å². The summed E-state index contributed by atoms with van der Waals surface area (Å²) in [5.41, 5.74) is 1.12. The largest absolute Gasteiger partial charge is 0.477 e. The van der Waals surface area contributed by atoms with E-state index in [0.717, 1.165) is 29.1 Å². The maximum Gasteiger partial charge on any atom is 0.251 e. The molecule has 0 saturated heterocycles. The number of anilines is 1. The molecular formula is C30H39ClN4O5S. The lowest BCUT2D eigenvalue weighted by molar-refractivity contribution is 0.0832. The van der Waals surface area contributed by atoms with Gasteiger partial charge in [-0.25, -0.2) is 8.42 Å². The molecule has 2 aliphatic carbocycles. The summed E-state index contributed by atoms with van der Waals surface area (Å²) in [6.45, 7) is 4.17. The number of sulfonamides is 1. The molecule has 11 heteroatoms. The number of ether oxygens (including phenoxy) is 1. The van der Waals surface area contributed by atoms with Crippen molar-refractivity contribution in [3.05, 3.63) is 53.6 Å². The zero-order valence-corrected chi connectivity index (χ0v) is 25.3. The summed E-state index contributed by atoms with van der Waals surface area (Å²) in [4.78, 5) is 18.0. The van der Waals surface area contributed by atoms with Crippen molar-refractivity contribution in [2.75, 3.05) is 31.0 Å². The summed E-state index contributed by atoms with van der Waals surface area (Å²) in [7, 11) is -2.31. The Hall–Kier alpha value is -2.84. The number of benzene rings is 1. The van der Waals surface area contributed by atoms with Crippen LogP contribution < -0.4 is 19.7 Å². The van der Waals surface area contributed by atoms with Crippen molar-refractivity contribution in [2.24, 2.45) is 11.8 Å². The number of aliphatic hydroxyl groups is 1. The second-order valence-corrected chi connectivity index (χ2v) is 14.1. The van der Waals surface area contributed by atoms with Crippen LogP contribution in [0.15, 0.2) is 42.5 Å². The minimum atomic E-state index is -3.71. The third-order valence-corrected chi connectivity index (χ3v) is 9.84. The number of halogens is 1. The van der Waals surface area contributed by atoms with E-state index < -0.39 is 33.3 Å². The molecule has 41 heavy (non-hydrogen) atoms. The minimum Gasteiger partial charge on any atom is -0.477 e. The fourth-order valence-corrected chi connectivity index (χ4v) is 5.42. The number of amides is 1. The van der Waals surface area contributed by atoms with Gasteiger partial charge in [0.05, 0.1) is 30.5 Å². The summed E-state index contributed by atoms with van der Waals surface area (Å²) < 4.78 is 32.6. The van der Waals surface area contributed by atoms with Crippen molar-refractivity contribution in [1.29, 1.82) is 0 Å². The molecule has 222 valence electrons. The highest BCUT2D eigenvalue weighted by molar-refractivity contribution is 7.93. The van der Waals surface area contributed by atoms with Crippen LogP contribution in [0.4, 0.5) is 5.82 Å². The first kappa shape index (κ1) is 31.1. The average Bonchev–Trinajstić information content (AvgIpc) is 3.89. The quantitative estimate of drug-likeness (QED) is 0.173. The van der Waals surface area contributed by atoms with Crippen LogP contribution in [0, 0.1) is 23.7 Å². The zero-order chi connectivity index (χ0) is 29.6. The summed E-state index contributed by atoms with van der Waals surface area (Å²) in [5.74, 6) is 6.66. The number of aromatic nitrogens is 1. The van der Waals surface area contributed by atoms with Gasteiger partial charge in [0.2, 0.25) is 15.9 Å². The van der Waals surface area contributed by atoms with Crippen LogP contribution in [0.1, 0.15) is 49.0 Å². The van der Waals surface area contributed by atoms with E-state index in [0.29, 0.717) is 25.5 Å². The number of nitrogens with one attached hydrogen (secondary N) is 2. The van der Waals surface area contributed by atoms with E-state index in [1.807, 2.05) is 30.3 Å². The Morgan fingerprint density at radius 1 is 1.24 bits per heavy atom. The molecule has 1 aromatic carbocycles. The van der Waals surface area contributed by atoms with Crippen molar-refractivity contribution in [3.63, 3.8) is 0 Å². The molecule has 0 spiro atoms. The predicted octanol–water partition coefficient (Wildman–Crippen LogP) is 2.97. The standard InChI is InChI=1S/C30H39ClN4O5S/c1-20(2)41(38,39)35(3)28-16-23(17-29(34-28)40-19-24-15-25(24)31)30(37)33-26(14-22-8-5-4-6-9-22)27(36)18-32-13-7-10-21-11-12-21/h4-6,8-9,16-17,20-21,24-27,32,36H,11-15,18-19H2,1-3H3,(H,33,37)/t24-,25+,26+,27-/m1/s1. The molecule has 1 aromatic heterocycles. The van der Waals surface area contributed by atoms with E-state index in [-0.39, 0.29) is 35.1 Å². The van der Waals surface area contributed by atoms with Gasteiger partial charge in [-0.15, -0.1) is 11.6 Å². The van der Waals surface area contributed by atoms with Crippen molar-refractivity contribution < 1.29 is 23.1 Å². The number of aliphatic hydroxyl groups excluding tert-OH is 1. The average molecular weight is 603 g/mol. The molecule has 4 rings (SSSR count). The Bertz CT molecular complexity index is 1360. The summed E-state index contributed by atoms with van der Waals surface area (Å²) >= 11 is 6.11. The molecule has 0 unspecified atom stereocenters. The van der Waals surface area contributed by atoms with Gasteiger partial charge >= 0.3 is 0 Å². The number of hydrogen-bond donors (Lipinski definition) is 3. The first-order chi connectivity index (χ1) is 19.5. The Morgan fingerprint density at radius 3 is 2.59 bits per heavy atom. The fourth-order valence-electron chi connectivity index (χ4n) is 4.13. The van der Waals surface area contributed by atoms with Gasteiger partial charge < -0.3 is 20.5 Å². The van der Waals surface area contributed by atoms with Gasteiger partial charge in [0.25, 0.3) is 5.91 Å². The van der Waals surface area contributed by atoms with Crippen molar-refractivity contribution in [1.82, 2.24) is 15.6 Å². The van der Waals surface area contributed by atoms with Crippen molar-refractivity contribution >= 4 is 33.3 Å². The number of nitrogens with zero attached hydrogens (tertiary/aromatic N) is 2. The van der Waals surface area contributed by atoms with Gasteiger partial charge in [-0.05, 0) is 51.2 Å². The van der Waals surface area contributed by atoms with Gasteiger partial charge in [-0.3, -0.25) is 9.10 Å². The molecular weight excluding hydrogens is 564 g/mol. The van der Waals surface area contributed by atoms with Gasteiger partial charge in [-0.2, -0.15) is 4.98 Å². The van der Waals surface area contributed by atoms with E-state index in [1.54, 1.807) is 13.8 Å². The Balaban J connectivity index is 1.53. The molecule has 1 amide bonds. The second kappa shape index (κ2) is 13.9. The van der Waals surface area contributed by atoms with Crippen molar-refractivity contribution in [2.45, 2.75) is 62.3 Å². The van der Waals surface area contributed by atoms with Crippen LogP contribution in [0.3, 0.4) is 0 Å². The number of carbonyl (C=O) groups is 1. The molecule has 1 heterocycles. The summed E-state index contributed by atoms with van der Waals surface area (Å²) in [5, 5.41) is 16.5. The van der Waals surface area contributed by atoms with E-state index >= 15 is 0 Å². The van der Waals surface area contributed by atoms with Crippen LogP contribution >= 0.6 is 11.6 Å². The monoisotopic (exact) mass is 602 g/mol. The highest BCUT2D eigenvalue weighted by Gasteiger charge is 2.36. The first-order valence-corrected chi connectivity index (χ1v) is 16.0. The highest BCUT2D eigenvalue weighted by Crippen LogP contribution is 2.36. The smallest absolute Gasteiger partial charge is 0.251 e. The first-order valence-electron chi connectivity index (χ1n) is 14.0. The number of hydrogen-bond acceptors (Lipinski definition) is 7. The lowest BCUT2D eigenvalue weighted by atomic mass is 10.0. The van der Waals surface area contributed by atoms with Crippen LogP contribution in [0.5, 0.6) is 5.88 Å². The maximum atomic E-state index is 13.6. The lowest BCUT2D eigenvalue weighted by Gasteiger charge is -2.25. The van der Waals surface area contributed by atoms with Crippen molar-refractivity contribution in [3.8, 4) is 17.7 Å². The van der Waals surface area contributed by atoms with Gasteiger partial charge in [0, 0.05) is 42.4 Å². The van der Waals surface area contributed by atoms with Gasteiger partial charge in [-0.1, -0.05) is 42.2 Å². The summed E-state index contributed by atoms with van der Waals surface area (Å²) in [6.07, 6.45) is 2.62. The van der Waals surface area contributed by atoms with Crippen LogP contribution in [0.2, 0.25) is 0 Å². The molecule has 9 nitrogen and oxygen atoms in total. The van der Waals surface area contributed by atoms with Gasteiger partial charge in [0.1, 0.15) is 5.82 Å². The van der Waals surface area contributed by atoms with Crippen LogP contribution in [-0.2, 0) is 16.4 Å². The Labute approximate surface area is 248 Å². The van der Waals surface area contributed by atoms with Gasteiger partial charge in [0.15, 0.2) is 0 Å². The highest BCUT2D eigenvalue weighted by atomic mass is 35.5. The number of pyridine rings is 1. The molecule has 3 N–H and O–H groups in total. The van der Waals surface area contributed by atoms with E-state index in [9.17, 15) is 18.3 Å². The minimum absolute atomic E-state index is 0.0403. The number of rotatable bonds is 14. The lowest BCUT2D eigenvalue weighted by Crippen LogP contribution is -2.48. The molecule has 4 atom stereocenters. The topological polar surface area (TPSA) is 121 Å². The Kier molecular flexibility index (Phi) is 10.5. The third-order valence-electron chi connectivity index (χ3n) is 7.16. The predicted molar refractivity (Wildman–Crippen MR) is 161 cm³/mol. The molecule has 2 saturated carbocycles. The zero-order valence-electron chi connectivity index (χ0n) is 23.7. The molecule has 0 radical (unpaired) electrons. The fraction of sp³-hybridized carbons (Fsp3) is 0.533. The molecule has 2 aliphatic rings. The molecule has 2 aromatic rings. The normalized spacial score (nSPS) is 19.6. The second-order valence-electron chi connectivity index (χ2n) is 11.0. The molecule has 2 fully saturated rings. The SMILES string of the molecule is CC(C)S(=O)(=O)N(C)c1cc(C(=O)N[C@@H](Cc2ccccc2)[C@H](O)CNCC#CC2CC2)cc(OC[C@H]2C[C@@H]2Cl)n1. The van der Waals surface area contributed by atoms with E-state index in [1.165, 1.54) is 19.2 Å². The van der Waals surface area contributed by atoms with E-state index in [2.05, 4.69) is 27.5 Å². The molecule has 0 aliphatic heterocycles. The summed E-state index contributed by atoms with van der Waals surface area (Å²) in [6, 6.07) is 11.9. The number of carbonyl (C=O) groups excluding carboxylic acids is 1. The van der Waals surface area contributed by atoms with E-state index in [4.69, 9.17) is 16.3 Å². The number of alkyl halides is 1. The Morgan fingerprint density at radius 2 is 1.95 bits per heavy atom. The third kappa shape index (κ3) is 9.07.